The number of anilines is 1. The number of nitrogens with zero attached hydrogens (tertiary/aromatic N) is 2. The summed E-state index contributed by atoms with van der Waals surface area (Å²) in [6.07, 6.45) is 0.518. The van der Waals surface area contributed by atoms with E-state index in [9.17, 15) is 14.4 Å². The number of nitrogens with one attached hydrogen (secondary N) is 1. The minimum absolute atomic E-state index is 0.271. The summed E-state index contributed by atoms with van der Waals surface area (Å²) in [6, 6.07) is 13.5. The summed E-state index contributed by atoms with van der Waals surface area (Å²) in [5.41, 5.74) is 0.275. The molecule has 0 radical (unpaired) electrons. The van der Waals surface area contributed by atoms with Crippen LogP contribution in [0, 0.1) is 0 Å². The zero-order valence-corrected chi connectivity index (χ0v) is 22.2. The third kappa shape index (κ3) is 4.94. The molecule has 2 aromatic heterocycles. The summed E-state index contributed by atoms with van der Waals surface area (Å²) in [5.74, 6) is 0.299. The van der Waals surface area contributed by atoms with Crippen molar-refractivity contribution in [3.8, 4) is 11.4 Å². The van der Waals surface area contributed by atoms with Crippen LogP contribution in [0.3, 0.4) is 0 Å². The Kier molecular flexibility index (Phi) is 6.70. The fourth-order valence-electron chi connectivity index (χ4n) is 4.48. The van der Waals surface area contributed by atoms with Crippen LogP contribution >= 0.6 is 22.9 Å². The lowest BCUT2D eigenvalue weighted by atomic mass is 9.94. The number of aromatic nitrogens is 2. The summed E-state index contributed by atoms with van der Waals surface area (Å²) >= 11 is 7.50. The van der Waals surface area contributed by atoms with Gasteiger partial charge in [-0.1, -0.05) is 17.7 Å². The Hall–Kier alpha value is -3.40. The van der Waals surface area contributed by atoms with Crippen LogP contribution in [0.5, 0.6) is 5.75 Å². The van der Waals surface area contributed by atoms with Crippen molar-refractivity contribution in [2.45, 2.75) is 45.9 Å². The summed E-state index contributed by atoms with van der Waals surface area (Å²) in [7, 11) is 0. The first-order valence-corrected chi connectivity index (χ1v) is 13.1. The molecular formula is C27H26ClN3O5S. The second-order valence-corrected chi connectivity index (χ2v) is 10.9. The number of thiophene rings is 1. The maximum atomic E-state index is 13.8. The van der Waals surface area contributed by atoms with Gasteiger partial charge in [0.2, 0.25) is 5.91 Å². The van der Waals surface area contributed by atoms with Crippen LogP contribution in [0.15, 0.2) is 58.1 Å². The van der Waals surface area contributed by atoms with Crippen LogP contribution in [0.2, 0.25) is 5.02 Å². The standard InChI is InChI=1S/C27H26ClN3O5S/c1-4-35-19-10-8-17(9-11-19)29-22(32)14-30-25-23(20-13-27(2,3)36-15-21(20)37-25)24(33)31(26(30)34)18-7-5-6-16(28)12-18/h5-12H,4,13-15H2,1-3H3,(H,29,32). The number of hydrogen-bond acceptors (Lipinski definition) is 6. The van der Waals surface area contributed by atoms with Gasteiger partial charge in [-0.3, -0.25) is 14.2 Å². The molecule has 1 aliphatic rings. The van der Waals surface area contributed by atoms with E-state index in [2.05, 4.69) is 5.32 Å². The first-order valence-electron chi connectivity index (χ1n) is 11.9. The van der Waals surface area contributed by atoms with Gasteiger partial charge in [-0.2, -0.15) is 0 Å². The second kappa shape index (κ2) is 9.81. The third-order valence-corrected chi connectivity index (χ3v) is 7.63. The first-order chi connectivity index (χ1) is 17.7. The Balaban J connectivity index is 1.62. The Morgan fingerprint density at radius 3 is 2.65 bits per heavy atom. The number of benzene rings is 2. The van der Waals surface area contributed by atoms with E-state index < -0.39 is 22.8 Å². The fourth-order valence-corrected chi connectivity index (χ4v) is 5.88. The van der Waals surface area contributed by atoms with Gasteiger partial charge < -0.3 is 14.8 Å². The van der Waals surface area contributed by atoms with Crippen LogP contribution in [-0.2, 0) is 29.1 Å². The molecule has 5 rings (SSSR count). The van der Waals surface area contributed by atoms with Crippen molar-refractivity contribution in [2.24, 2.45) is 0 Å². The van der Waals surface area contributed by atoms with E-state index in [-0.39, 0.29) is 6.54 Å². The van der Waals surface area contributed by atoms with Crippen molar-refractivity contribution >= 4 is 44.7 Å². The van der Waals surface area contributed by atoms with Gasteiger partial charge in [0.1, 0.15) is 17.1 Å². The van der Waals surface area contributed by atoms with Crippen molar-refractivity contribution in [1.82, 2.24) is 9.13 Å². The van der Waals surface area contributed by atoms with Crippen molar-refractivity contribution in [2.75, 3.05) is 11.9 Å². The molecule has 0 unspecified atom stereocenters. The first kappa shape index (κ1) is 25.3. The summed E-state index contributed by atoms with van der Waals surface area (Å²) in [5, 5.41) is 3.66. The van der Waals surface area contributed by atoms with Gasteiger partial charge in [0.15, 0.2) is 0 Å². The van der Waals surface area contributed by atoms with E-state index in [4.69, 9.17) is 21.1 Å². The SMILES string of the molecule is CCOc1ccc(NC(=O)Cn2c(=O)n(-c3cccc(Cl)c3)c(=O)c3c4c(sc32)COC(C)(C)C4)cc1. The molecule has 0 fully saturated rings. The second-order valence-electron chi connectivity index (χ2n) is 9.40. The lowest BCUT2D eigenvalue weighted by molar-refractivity contribution is -0.116. The number of halogens is 1. The lowest BCUT2D eigenvalue weighted by Crippen LogP contribution is -2.41. The van der Waals surface area contributed by atoms with E-state index in [1.165, 1.54) is 15.9 Å². The number of carbonyl (C=O) groups excluding carboxylic acids is 1. The summed E-state index contributed by atoms with van der Waals surface area (Å²) < 4.78 is 13.9. The van der Waals surface area contributed by atoms with Crippen LogP contribution in [0.1, 0.15) is 31.2 Å². The third-order valence-electron chi connectivity index (χ3n) is 6.17. The number of amides is 1. The van der Waals surface area contributed by atoms with Gasteiger partial charge in [0, 0.05) is 22.0 Å². The lowest BCUT2D eigenvalue weighted by Gasteiger charge is -2.29. The number of hydrogen-bond donors (Lipinski definition) is 1. The molecule has 2 aromatic carbocycles. The van der Waals surface area contributed by atoms with Gasteiger partial charge in [-0.25, -0.2) is 9.36 Å². The average Bonchev–Trinajstić information content (AvgIpc) is 3.21. The van der Waals surface area contributed by atoms with Crippen LogP contribution in [0.25, 0.3) is 15.9 Å². The molecule has 1 N–H and O–H groups in total. The normalized spacial score (nSPS) is 14.4. The van der Waals surface area contributed by atoms with E-state index in [1.54, 1.807) is 48.5 Å². The zero-order valence-electron chi connectivity index (χ0n) is 20.7. The molecule has 0 bridgehead atoms. The molecule has 0 spiro atoms. The zero-order chi connectivity index (χ0) is 26.3. The van der Waals surface area contributed by atoms with Crippen molar-refractivity contribution in [3.05, 3.63) is 84.8 Å². The van der Waals surface area contributed by atoms with Gasteiger partial charge in [0.25, 0.3) is 5.56 Å². The molecule has 4 aromatic rings. The maximum Gasteiger partial charge on any atom is 0.337 e. The molecule has 192 valence electrons. The number of ether oxygens (including phenoxy) is 2. The molecule has 0 saturated heterocycles. The van der Waals surface area contributed by atoms with Gasteiger partial charge in [-0.05, 0) is 68.8 Å². The molecular weight excluding hydrogens is 514 g/mol. The Bertz CT molecular complexity index is 1620. The molecule has 0 aliphatic carbocycles. The van der Waals surface area contributed by atoms with E-state index in [0.717, 1.165) is 15.0 Å². The largest absolute Gasteiger partial charge is 0.494 e. The molecule has 0 atom stereocenters. The number of carbonyl (C=O) groups is 1. The highest BCUT2D eigenvalue weighted by atomic mass is 35.5. The van der Waals surface area contributed by atoms with Gasteiger partial charge in [-0.15, -0.1) is 11.3 Å². The predicted octanol–water partition coefficient (Wildman–Crippen LogP) is 4.76. The molecule has 3 heterocycles. The van der Waals surface area contributed by atoms with Gasteiger partial charge in [0.05, 0.1) is 29.9 Å². The van der Waals surface area contributed by atoms with E-state index >= 15 is 0 Å². The summed E-state index contributed by atoms with van der Waals surface area (Å²) in [4.78, 5) is 41.9. The van der Waals surface area contributed by atoms with Crippen molar-refractivity contribution in [1.29, 1.82) is 0 Å². The number of fused-ring (bicyclic) bond motifs is 3. The predicted molar refractivity (Wildman–Crippen MR) is 146 cm³/mol. The molecule has 10 heteroatoms. The smallest absolute Gasteiger partial charge is 0.337 e. The van der Waals surface area contributed by atoms with E-state index in [0.29, 0.717) is 52.0 Å². The topological polar surface area (TPSA) is 91.6 Å². The summed E-state index contributed by atoms with van der Waals surface area (Å²) in [6.45, 7) is 6.44. The average molecular weight is 540 g/mol. The molecule has 8 nitrogen and oxygen atoms in total. The molecule has 37 heavy (non-hydrogen) atoms. The van der Waals surface area contributed by atoms with Gasteiger partial charge >= 0.3 is 5.69 Å². The Morgan fingerprint density at radius 2 is 1.95 bits per heavy atom. The minimum atomic E-state index is -0.611. The van der Waals surface area contributed by atoms with E-state index in [1.807, 2.05) is 20.8 Å². The number of rotatable bonds is 6. The molecule has 1 amide bonds. The quantitative estimate of drug-likeness (QED) is 0.381. The maximum absolute atomic E-state index is 13.8. The Morgan fingerprint density at radius 1 is 1.19 bits per heavy atom. The molecule has 1 aliphatic heterocycles. The fraction of sp³-hybridized carbons (Fsp3) is 0.296. The minimum Gasteiger partial charge on any atom is -0.494 e. The van der Waals surface area contributed by atoms with Crippen molar-refractivity contribution < 1.29 is 14.3 Å². The van der Waals surface area contributed by atoms with Crippen molar-refractivity contribution in [3.63, 3.8) is 0 Å². The molecule has 0 saturated carbocycles. The van der Waals surface area contributed by atoms with Crippen LogP contribution < -0.4 is 21.3 Å². The Labute approximate surface area is 222 Å². The van der Waals surface area contributed by atoms with Crippen LogP contribution in [-0.4, -0.2) is 27.2 Å². The highest BCUT2D eigenvalue weighted by Gasteiger charge is 2.32. The monoisotopic (exact) mass is 539 g/mol. The highest BCUT2D eigenvalue weighted by Crippen LogP contribution is 2.37. The highest BCUT2D eigenvalue weighted by molar-refractivity contribution is 7.18. The van der Waals surface area contributed by atoms with Crippen LogP contribution in [0.4, 0.5) is 5.69 Å².